The minimum Gasteiger partial charge on any atom is -0.376 e. The molecule has 6 heteroatoms. The van der Waals surface area contributed by atoms with E-state index in [4.69, 9.17) is 9.47 Å². The average Bonchev–Trinajstić information content (AvgIpc) is 2.47. The molecule has 2 atom stereocenters. The van der Waals surface area contributed by atoms with Gasteiger partial charge in [0.05, 0.1) is 32.0 Å². The zero-order chi connectivity index (χ0) is 14.4. The Balaban J connectivity index is 1.72. The lowest BCUT2D eigenvalue weighted by atomic mass is 9.99. The number of ether oxygens (including phenoxy) is 2. The number of fused-ring (bicyclic) bond motifs is 1. The predicted octanol–water partition coefficient (Wildman–Crippen LogP) is 0.304. The van der Waals surface area contributed by atoms with E-state index in [1.54, 1.807) is 6.08 Å². The maximum Gasteiger partial charge on any atom is 0.317 e. The van der Waals surface area contributed by atoms with Gasteiger partial charge in [-0.2, -0.15) is 0 Å². The molecule has 0 radical (unpaired) electrons. The lowest BCUT2D eigenvalue weighted by Gasteiger charge is -2.45. The molecule has 0 aliphatic carbocycles. The van der Waals surface area contributed by atoms with E-state index in [1.165, 1.54) is 0 Å². The Morgan fingerprint density at radius 2 is 2.40 bits per heavy atom. The van der Waals surface area contributed by atoms with Gasteiger partial charge in [-0.25, -0.2) is 4.79 Å². The van der Waals surface area contributed by atoms with Crippen molar-refractivity contribution in [3.8, 4) is 0 Å². The summed E-state index contributed by atoms with van der Waals surface area (Å²) in [6, 6.07) is 0.310. The van der Waals surface area contributed by atoms with Crippen molar-refractivity contribution < 1.29 is 14.3 Å². The van der Waals surface area contributed by atoms with Crippen molar-refractivity contribution in [3.63, 3.8) is 0 Å². The van der Waals surface area contributed by atoms with Gasteiger partial charge in [-0.15, -0.1) is 6.58 Å². The number of rotatable bonds is 5. The van der Waals surface area contributed by atoms with E-state index in [2.05, 4.69) is 23.8 Å². The third-order valence-corrected chi connectivity index (χ3v) is 3.91. The molecule has 1 N–H and O–H groups in total. The minimum absolute atomic E-state index is 0.00961. The molecule has 2 aliphatic heterocycles. The highest BCUT2D eigenvalue weighted by Gasteiger charge is 2.36. The number of likely N-dealkylation sites (tertiary alicyclic amines) is 1. The van der Waals surface area contributed by atoms with Gasteiger partial charge in [0.1, 0.15) is 0 Å². The number of carbonyl (C=O) groups is 1. The molecular weight excluding hydrogens is 258 g/mol. The van der Waals surface area contributed by atoms with E-state index in [0.29, 0.717) is 25.8 Å². The summed E-state index contributed by atoms with van der Waals surface area (Å²) in [5.74, 6) is 0. The van der Waals surface area contributed by atoms with Crippen LogP contribution in [0.4, 0.5) is 4.79 Å². The number of nitrogens with zero attached hydrogens (tertiary/aromatic N) is 2. The topological polar surface area (TPSA) is 54.0 Å². The molecular formula is C14H25N3O3. The van der Waals surface area contributed by atoms with Crippen molar-refractivity contribution in [1.29, 1.82) is 0 Å². The number of urea groups is 1. The van der Waals surface area contributed by atoms with Crippen molar-refractivity contribution in [2.45, 2.75) is 18.6 Å². The molecule has 0 bridgehead atoms. The van der Waals surface area contributed by atoms with Crippen molar-refractivity contribution >= 4 is 6.03 Å². The Morgan fingerprint density at radius 1 is 1.55 bits per heavy atom. The summed E-state index contributed by atoms with van der Waals surface area (Å²) in [4.78, 5) is 16.3. The average molecular weight is 283 g/mol. The number of morpholine rings is 1. The summed E-state index contributed by atoms with van der Waals surface area (Å²) in [6.07, 6.45) is 2.88. The molecule has 0 aromatic heterocycles. The Hall–Kier alpha value is -1.11. The van der Waals surface area contributed by atoms with Gasteiger partial charge >= 0.3 is 6.03 Å². The number of nitrogens with one attached hydrogen (secondary N) is 1. The smallest absolute Gasteiger partial charge is 0.317 e. The van der Waals surface area contributed by atoms with Gasteiger partial charge < -0.3 is 19.7 Å². The van der Waals surface area contributed by atoms with Crippen LogP contribution in [0, 0.1) is 0 Å². The van der Waals surface area contributed by atoms with Gasteiger partial charge in [0.25, 0.3) is 0 Å². The van der Waals surface area contributed by atoms with E-state index in [9.17, 15) is 4.79 Å². The van der Waals surface area contributed by atoms with Crippen LogP contribution in [0.1, 0.15) is 6.42 Å². The van der Waals surface area contributed by atoms with Gasteiger partial charge in [0.15, 0.2) is 0 Å². The first kappa shape index (κ1) is 15.3. The van der Waals surface area contributed by atoms with Gasteiger partial charge in [-0.1, -0.05) is 6.08 Å². The molecule has 2 aliphatic rings. The summed E-state index contributed by atoms with van der Waals surface area (Å²) in [5, 5.41) is 2.89. The Bertz CT molecular complexity index is 338. The number of hydrogen-bond donors (Lipinski definition) is 1. The van der Waals surface area contributed by atoms with Crippen LogP contribution in [0.3, 0.4) is 0 Å². The molecule has 0 spiro atoms. The quantitative estimate of drug-likeness (QED) is 0.582. The fourth-order valence-corrected chi connectivity index (χ4v) is 2.73. The van der Waals surface area contributed by atoms with Crippen LogP contribution >= 0.6 is 0 Å². The third kappa shape index (κ3) is 3.94. The third-order valence-electron chi connectivity index (χ3n) is 3.91. The van der Waals surface area contributed by atoms with Gasteiger partial charge in [0, 0.05) is 26.2 Å². The van der Waals surface area contributed by atoms with E-state index in [-0.39, 0.29) is 12.1 Å². The number of amides is 2. The first-order chi connectivity index (χ1) is 9.72. The first-order valence-electron chi connectivity index (χ1n) is 7.25. The maximum absolute atomic E-state index is 12.1. The molecule has 2 amide bonds. The first-order valence-corrected chi connectivity index (χ1v) is 7.25. The zero-order valence-corrected chi connectivity index (χ0v) is 12.2. The zero-order valence-electron chi connectivity index (χ0n) is 12.2. The number of hydrogen-bond acceptors (Lipinski definition) is 4. The van der Waals surface area contributed by atoms with Crippen LogP contribution in [-0.4, -0.2) is 81.0 Å². The highest BCUT2D eigenvalue weighted by atomic mass is 16.5. The predicted molar refractivity (Wildman–Crippen MR) is 76.8 cm³/mol. The molecule has 0 saturated carbocycles. The number of likely N-dealkylation sites (N-methyl/N-ethyl adjacent to an activating group) is 1. The second-order valence-corrected chi connectivity index (χ2v) is 5.29. The highest BCUT2D eigenvalue weighted by Crippen LogP contribution is 2.21. The van der Waals surface area contributed by atoms with E-state index in [1.807, 2.05) is 4.90 Å². The van der Waals surface area contributed by atoms with Crippen LogP contribution in [0.2, 0.25) is 0 Å². The molecule has 2 heterocycles. The fraction of sp³-hybridized carbons (Fsp3) is 0.786. The fourth-order valence-electron chi connectivity index (χ4n) is 2.73. The standard InChI is InChI=1S/C14H25N3O3/c1-3-8-19-9-5-15-14(18)17-6-4-13-12(11-17)16(2)7-10-20-13/h3,12-13H,1,4-11H2,2H3,(H,15,18)/t12-,13-/m0/s1. The van der Waals surface area contributed by atoms with Crippen LogP contribution in [0.15, 0.2) is 12.7 Å². The second-order valence-electron chi connectivity index (χ2n) is 5.29. The van der Waals surface area contributed by atoms with Crippen LogP contribution in [0.5, 0.6) is 0 Å². The largest absolute Gasteiger partial charge is 0.376 e. The van der Waals surface area contributed by atoms with Gasteiger partial charge in [-0.3, -0.25) is 4.90 Å². The Morgan fingerprint density at radius 3 is 3.20 bits per heavy atom. The maximum atomic E-state index is 12.1. The Labute approximate surface area is 120 Å². The molecule has 2 saturated heterocycles. The molecule has 2 rings (SSSR count). The molecule has 0 unspecified atom stereocenters. The minimum atomic E-state index is -0.00961. The molecule has 6 nitrogen and oxygen atoms in total. The van der Waals surface area contributed by atoms with Crippen LogP contribution in [0.25, 0.3) is 0 Å². The van der Waals surface area contributed by atoms with Crippen molar-refractivity contribution in [3.05, 3.63) is 12.7 Å². The summed E-state index contributed by atoms with van der Waals surface area (Å²) in [7, 11) is 2.10. The second kappa shape index (κ2) is 7.61. The molecule has 2 fully saturated rings. The molecule has 0 aromatic rings. The monoisotopic (exact) mass is 283 g/mol. The number of carbonyl (C=O) groups excluding carboxylic acids is 1. The lowest BCUT2D eigenvalue weighted by Crippen LogP contribution is -2.60. The van der Waals surface area contributed by atoms with E-state index in [0.717, 1.165) is 32.7 Å². The molecule has 0 aromatic carbocycles. The van der Waals surface area contributed by atoms with E-state index >= 15 is 0 Å². The summed E-state index contributed by atoms with van der Waals surface area (Å²) in [6.45, 7) is 8.37. The number of piperidine rings is 1. The molecule has 114 valence electrons. The summed E-state index contributed by atoms with van der Waals surface area (Å²) < 4.78 is 11.0. The van der Waals surface area contributed by atoms with E-state index < -0.39 is 0 Å². The van der Waals surface area contributed by atoms with Gasteiger partial charge in [0.2, 0.25) is 0 Å². The Kier molecular flexibility index (Phi) is 5.82. The molecule has 20 heavy (non-hydrogen) atoms. The summed E-state index contributed by atoms with van der Waals surface area (Å²) >= 11 is 0. The highest BCUT2D eigenvalue weighted by molar-refractivity contribution is 5.74. The van der Waals surface area contributed by atoms with Gasteiger partial charge in [-0.05, 0) is 13.5 Å². The lowest BCUT2D eigenvalue weighted by molar-refractivity contribution is -0.0881. The van der Waals surface area contributed by atoms with Crippen molar-refractivity contribution in [1.82, 2.24) is 15.1 Å². The normalized spacial score (nSPS) is 26.9. The van der Waals surface area contributed by atoms with Crippen LogP contribution < -0.4 is 5.32 Å². The van der Waals surface area contributed by atoms with Crippen molar-refractivity contribution in [2.75, 3.05) is 53.0 Å². The van der Waals surface area contributed by atoms with Crippen molar-refractivity contribution in [2.24, 2.45) is 0 Å². The SMILES string of the molecule is C=CCOCCNC(=O)N1CC[C@@H]2OCCN(C)[C@H]2C1. The van der Waals surface area contributed by atoms with Crippen LogP contribution in [-0.2, 0) is 9.47 Å². The summed E-state index contributed by atoms with van der Waals surface area (Å²) in [5.41, 5.74) is 0.